The van der Waals surface area contributed by atoms with E-state index in [1.807, 2.05) is 13.8 Å². The highest BCUT2D eigenvalue weighted by Gasteiger charge is 2.63. The first kappa shape index (κ1) is 11.9. The van der Waals surface area contributed by atoms with E-state index in [0.29, 0.717) is 5.56 Å². The maximum absolute atomic E-state index is 13.5. The fraction of sp³-hybridized carbons (Fsp3) is 0.462. The highest BCUT2D eigenvalue weighted by atomic mass is 19.1. The van der Waals surface area contributed by atoms with Crippen molar-refractivity contribution >= 4 is 5.97 Å². The SMILES string of the molecule is COc1c(F)cccc1[C@H]1[C@H](C(=O)O)C1(C)C. The molecule has 3 nitrogen and oxygen atoms in total. The van der Waals surface area contributed by atoms with Gasteiger partial charge in [0.2, 0.25) is 0 Å². The average molecular weight is 238 g/mol. The largest absolute Gasteiger partial charge is 0.493 e. The Morgan fingerprint density at radius 3 is 2.59 bits per heavy atom. The molecular formula is C13H15FO3. The van der Waals surface area contributed by atoms with E-state index in [2.05, 4.69) is 0 Å². The van der Waals surface area contributed by atoms with Gasteiger partial charge in [0.25, 0.3) is 0 Å². The van der Waals surface area contributed by atoms with Gasteiger partial charge in [-0.3, -0.25) is 4.79 Å². The Hall–Kier alpha value is -1.58. The third kappa shape index (κ3) is 1.68. The van der Waals surface area contributed by atoms with E-state index in [1.165, 1.54) is 13.2 Å². The highest BCUT2D eigenvalue weighted by Crippen LogP contribution is 2.65. The maximum atomic E-state index is 13.5. The number of benzene rings is 1. The van der Waals surface area contributed by atoms with Crippen molar-refractivity contribution in [3.8, 4) is 5.75 Å². The van der Waals surface area contributed by atoms with Crippen LogP contribution in [0.15, 0.2) is 18.2 Å². The molecule has 92 valence electrons. The quantitative estimate of drug-likeness (QED) is 0.880. The molecule has 0 heterocycles. The first-order chi connectivity index (χ1) is 7.91. The van der Waals surface area contributed by atoms with Crippen LogP contribution < -0.4 is 4.74 Å². The number of carboxylic acids is 1. The lowest BCUT2D eigenvalue weighted by Crippen LogP contribution is -2.03. The summed E-state index contributed by atoms with van der Waals surface area (Å²) in [5.74, 6) is -1.79. The van der Waals surface area contributed by atoms with Gasteiger partial charge in [0.15, 0.2) is 11.6 Å². The Kier molecular flexibility index (Phi) is 2.60. The molecule has 0 unspecified atom stereocenters. The summed E-state index contributed by atoms with van der Waals surface area (Å²) in [5, 5.41) is 9.12. The van der Waals surface area contributed by atoms with E-state index in [-0.39, 0.29) is 17.1 Å². The zero-order valence-corrected chi connectivity index (χ0v) is 10.0. The minimum Gasteiger partial charge on any atom is -0.493 e. The normalized spacial score (nSPS) is 25.4. The summed E-state index contributed by atoms with van der Waals surface area (Å²) in [4.78, 5) is 11.1. The number of aliphatic carboxylic acids is 1. The lowest BCUT2D eigenvalue weighted by molar-refractivity contribution is -0.139. The number of hydrogen-bond donors (Lipinski definition) is 1. The molecule has 0 amide bonds. The Labute approximate surface area is 99.2 Å². The molecule has 0 aromatic heterocycles. The minimum atomic E-state index is -0.841. The number of rotatable bonds is 3. The van der Waals surface area contributed by atoms with Gasteiger partial charge in [-0.1, -0.05) is 26.0 Å². The molecule has 1 aromatic carbocycles. The molecule has 0 spiro atoms. The summed E-state index contributed by atoms with van der Waals surface area (Å²) < 4.78 is 18.6. The molecule has 1 aromatic rings. The van der Waals surface area contributed by atoms with Crippen molar-refractivity contribution in [3.05, 3.63) is 29.6 Å². The molecule has 1 saturated carbocycles. The van der Waals surface area contributed by atoms with Crippen molar-refractivity contribution < 1.29 is 19.0 Å². The molecule has 0 bridgehead atoms. The van der Waals surface area contributed by atoms with Gasteiger partial charge in [0.1, 0.15) is 0 Å². The van der Waals surface area contributed by atoms with Crippen molar-refractivity contribution in [2.24, 2.45) is 11.3 Å². The second kappa shape index (κ2) is 3.72. The van der Waals surface area contributed by atoms with E-state index in [9.17, 15) is 9.18 Å². The Bertz CT molecular complexity index is 468. The van der Waals surface area contributed by atoms with E-state index in [0.717, 1.165) is 0 Å². The van der Waals surface area contributed by atoms with Crippen molar-refractivity contribution in [2.45, 2.75) is 19.8 Å². The van der Waals surface area contributed by atoms with Crippen LogP contribution >= 0.6 is 0 Å². The second-order valence-electron chi connectivity index (χ2n) is 4.98. The van der Waals surface area contributed by atoms with Crippen LogP contribution in [0.4, 0.5) is 4.39 Å². The number of hydrogen-bond acceptors (Lipinski definition) is 2. The molecule has 2 rings (SSSR count). The monoisotopic (exact) mass is 238 g/mol. The summed E-state index contributed by atoms with van der Waals surface area (Å²) in [6.07, 6.45) is 0. The molecule has 1 aliphatic rings. The van der Waals surface area contributed by atoms with Gasteiger partial charge in [-0.05, 0) is 11.5 Å². The lowest BCUT2D eigenvalue weighted by atomic mass is 10.0. The molecule has 1 N–H and O–H groups in total. The zero-order valence-electron chi connectivity index (χ0n) is 10.0. The van der Waals surface area contributed by atoms with E-state index in [1.54, 1.807) is 12.1 Å². The number of ether oxygens (including phenoxy) is 1. The van der Waals surface area contributed by atoms with Gasteiger partial charge in [-0.2, -0.15) is 0 Å². The number of para-hydroxylation sites is 1. The minimum absolute atomic E-state index is 0.161. The zero-order chi connectivity index (χ0) is 12.8. The topological polar surface area (TPSA) is 46.5 Å². The molecule has 2 atom stereocenters. The lowest BCUT2D eigenvalue weighted by Gasteiger charge is -2.10. The van der Waals surface area contributed by atoms with Crippen LogP contribution in [0, 0.1) is 17.2 Å². The summed E-state index contributed by atoms with van der Waals surface area (Å²) in [6, 6.07) is 4.63. The van der Waals surface area contributed by atoms with Gasteiger partial charge < -0.3 is 9.84 Å². The molecule has 1 fully saturated rings. The summed E-state index contributed by atoms with van der Waals surface area (Å²) in [6.45, 7) is 3.75. The van der Waals surface area contributed by atoms with E-state index in [4.69, 9.17) is 9.84 Å². The van der Waals surface area contributed by atoms with Gasteiger partial charge >= 0.3 is 5.97 Å². The smallest absolute Gasteiger partial charge is 0.307 e. The summed E-state index contributed by atoms with van der Waals surface area (Å²) >= 11 is 0. The first-order valence-electron chi connectivity index (χ1n) is 5.46. The van der Waals surface area contributed by atoms with Crippen molar-refractivity contribution in [2.75, 3.05) is 7.11 Å². The Morgan fingerprint density at radius 2 is 2.12 bits per heavy atom. The fourth-order valence-electron chi connectivity index (χ4n) is 2.66. The van der Waals surface area contributed by atoms with Crippen LogP contribution in [0.2, 0.25) is 0 Å². The summed E-state index contributed by atoms with van der Waals surface area (Å²) in [7, 11) is 1.40. The number of carboxylic acid groups (broad SMARTS) is 1. The Balaban J connectivity index is 2.43. The maximum Gasteiger partial charge on any atom is 0.307 e. The van der Waals surface area contributed by atoms with Crippen LogP contribution in [0.3, 0.4) is 0 Å². The predicted molar refractivity (Wildman–Crippen MR) is 60.6 cm³/mol. The first-order valence-corrected chi connectivity index (χ1v) is 5.46. The van der Waals surface area contributed by atoms with Crippen LogP contribution in [0.5, 0.6) is 5.75 Å². The van der Waals surface area contributed by atoms with Crippen molar-refractivity contribution in [3.63, 3.8) is 0 Å². The molecule has 17 heavy (non-hydrogen) atoms. The molecular weight excluding hydrogens is 223 g/mol. The van der Waals surface area contributed by atoms with Gasteiger partial charge in [-0.15, -0.1) is 0 Å². The van der Waals surface area contributed by atoms with Gasteiger partial charge in [-0.25, -0.2) is 4.39 Å². The van der Waals surface area contributed by atoms with Crippen LogP contribution in [-0.4, -0.2) is 18.2 Å². The van der Waals surface area contributed by atoms with E-state index >= 15 is 0 Å². The average Bonchev–Trinajstić information content (AvgIpc) is 2.81. The molecule has 1 aliphatic carbocycles. The summed E-state index contributed by atoms with van der Waals surface area (Å²) in [5.41, 5.74) is 0.289. The number of methoxy groups -OCH3 is 1. The molecule has 4 heteroatoms. The van der Waals surface area contributed by atoms with Crippen molar-refractivity contribution in [1.82, 2.24) is 0 Å². The molecule has 0 aliphatic heterocycles. The third-order valence-corrected chi connectivity index (χ3v) is 3.63. The van der Waals surface area contributed by atoms with Crippen LogP contribution in [0.1, 0.15) is 25.3 Å². The van der Waals surface area contributed by atoms with Crippen LogP contribution in [0.25, 0.3) is 0 Å². The Morgan fingerprint density at radius 1 is 1.47 bits per heavy atom. The molecule has 0 radical (unpaired) electrons. The fourth-order valence-corrected chi connectivity index (χ4v) is 2.66. The molecule has 0 saturated heterocycles. The van der Waals surface area contributed by atoms with Crippen LogP contribution in [-0.2, 0) is 4.79 Å². The highest BCUT2D eigenvalue weighted by molar-refractivity contribution is 5.78. The van der Waals surface area contributed by atoms with Crippen molar-refractivity contribution in [1.29, 1.82) is 0 Å². The number of carbonyl (C=O) groups is 1. The predicted octanol–water partition coefficient (Wildman–Crippen LogP) is 2.66. The van der Waals surface area contributed by atoms with Gasteiger partial charge in [0, 0.05) is 11.5 Å². The van der Waals surface area contributed by atoms with Gasteiger partial charge in [0.05, 0.1) is 13.0 Å². The standard InChI is InChI=1S/C13H15FO3/c1-13(2)9(10(13)12(15)16)7-5-4-6-8(14)11(7)17-3/h4-6,9-10H,1-3H3,(H,15,16)/t9-,10+/m0/s1. The third-order valence-electron chi connectivity index (χ3n) is 3.63. The number of halogens is 1. The van der Waals surface area contributed by atoms with E-state index < -0.39 is 17.7 Å². The second-order valence-corrected chi connectivity index (χ2v) is 4.98.